The Morgan fingerprint density at radius 1 is 0.895 bits per heavy atom. The molecule has 120 valence electrons. The number of hydrogen-bond acceptors (Lipinski definition) is 8. The lowest BCUT2D eigenvalue weighted by Gasteiger charge is -2.24. The predicted molar refractivity (Wildman–Crippen MR) is 77.5 cm³/mol. The van der Waals surface area contributed by atoms with Crippen LogP contribution in [0.5, 0.6) is 0 Å². The summed E-state index contributed by atoms with van der Waals surface area (Å²) in [7, 11) is -3.41. The molecule has 0 heterocycles. The maximum Gasteiger partial charge on any atom is 0.116 e. The van der Waals surface area contributed by atoms with Crippen molar-refractivity contribution >= 4 is 21.7 Å². The van der Waals surface area contributed by atoms with Crippen LogP contribution < -0.4 is 0 Å². The summed E-state index contributed by atoms with van der Waals surface area (Å²) in [6.45, 7) is 1.36. The van der Waals surface area contributed by atoms with E-state index in [1.165, 1.54) is 7.11 Å². The topological polar surface area (TPSA) is 123 Å². The van der Waals surface area contributed by atoms with Gasteiger partial charge in [0.15, 0.2) is 0 Å². The third-order valence-corrected chi connectivity index (χ3v) is 4.35. The van der Waals surface area contributed by atoms with Crippen molar-refractivity contribution in [2.75, 3.05) is 38.8 Å². The van der Waals surface area contributed by atoms with Crippen LogP contribution in [0.4, 0.5) is 0 Å². The zero-order valence-corrected chi connectivity index (χ0v) is 12.9. The first kappa shape index (κ1) is 19.4. The van der Waals surface area contributed by atoms with Crippen LogP contribution in [0.3, 0.4) is 0 Å². The summed E-state index contributed by atoms with van der Waals surface area (Å²) in [6, 6.07) is 0. The lowest BCUT2D eigenvalue weighted by Crippen LogP contribution is -2.23. The average molecular weight is 323 g/mol. The van der Waals surface area contributed by atoms with Crippen molar-refractivity contribution in [2.45, 2.75) is 19.3 Å². The van der Waals surface area contributed by atoms with Crippen molar-refractivity contribution in [3.8, 4) is 0 Å². The van der Waals surface area contributed by atoms with Crippen LogP contribution in [0, 0.1) is 0 Å². The highest BCUT2D eigenvalue weighted by atomic mass is 32.3. The van der Waals surface area contributed by atoms with E-state index in [1.54, 1.807) is 0 Å². The first-order chi connectivity index (χ1) is 8.66. The number of hydrogen-bond donors (Lipinski definition) is 5. The van der Waals surface area contributed by atoms with E-state index in [-0.39, 0.29) is 11.5 Å². The molecular formula is C9H25NO7S2. The molecule has 0 aliphatic carbocycles. The zero-order chi connectivity index (χ0) is 14.9. The number of unbranched alkanes of at least 4 members (excludes halogenated alkanes) is 1. The Morgan fingerprint density at radius 2 is 1.47 bits per heavy atom. The smallest absolute Gasteiger partial charge is 0.116 e. The third-order valence-electron chi connectivity index (χ3n) is 2.34. The molecule has 0 amide bonds. The van der Waals surface area contributed by atoms with E-state index in [0.717, 1.165) is 13.0 Å². The van der Waals surface area contributed by atoms with E-state index in [1.807, 2.05) is 11.9 Å². The van der Waals surface area contributed by atoms with Crippen molar-refractivity contribution in [2.24, 2.45) is 0 Å². The minimum absolute atomic E-state index is 0.0282. The maximum atomic E-state index is 9.31. The summed E-state index contributed by atoms with van der Waals surface area (Å²) >= 11 is 0. The first-order valence-corrected chi connectivity index (χ1v) is 9.13. The summed E-state index contributed by atoms with van der Waals surface area (Å²) in [5, 5.41) is 0. The molecule has 0 unspecified atom stereocenters. The van der Waals surface area contributed by atoms with Gasteiger partial charge in [-0.1, -0.05) is 0 Å². The minimum atomic E-state index is -3.39. The highest BCUT2D eigenvalue weighted by Crippen LogP contribution is 2.40. The number of rotatable bonds is 11. The van der Waals surface area contributed by atoms with E-state index in [0.29, 0.717) is 19.4 Å². The molecule has 0 aliphatic rings. The Balaban J connectivity index is 3.56. The minimum Gasteiger partial charge on any atom is -0.308 e. The summed E-state index contributed by atoms with van der Waals surface area (Å²) in [5.74, 6) is 0.0887. The SMILES string of the molecule is COOS(O)(O)CCCCN(C)CCCS(O)(O)O. The fourth-order valence-electron chi connectivity index (χ4n) is 1.45. The van der Waals surface area contributed by atoms with Gasteiger partial charge in [0.2, 0.25) is 0 Å². The molecule has 0 aromatic rings. The Labute approximate surface area is 117 Å². The van der Waals surface area contributed by atoms with Crippen LogP contribution in [0.2, 0.25) is 0 Å². The summed E-state index contributed by atoms with van der Waals surface area (Å²) in [5.41, 5.74) is 0. The fourth-order valence-corrected chi connectivity index (χ4v) is 2.84. The summed E-state index contributed by atoms with van der Waals surface area (Å²) < 4.78 is 49.3. The Bertz CT molecular complexity index is 237. The molecule has 0 rings (SSSR count). The van der Waals surface area contributed by atoms with E-state index >= 15 is 0 Å². The molecule has 0 radical (unpaired) electrons. The maximum absolute atomic E-state index is 9.31. The van der Waals surface area contributed by atoms with Crippen LogP contribution in [-0.4, -0.2) is 66.4 Å². The highest BCUT2D eigenvalue weighted by Gasteiger charge is 2.18. The largest absolute Gasteiger partial charge is 0.308 e. The van der Waals surface area contributed by atoms with Crippen molar-refractivity contribution in [1.82, 2.24) is 4.90 Å². The predicted octanol–water partition coefficient (Wildman–Crippen LogP) is 2.56. The molecule has 10 heteroatoms. The second-order valence-electron chi connectivity index (χ2n) is 4.25. The molecule has 0 spiro atoms. The first-order valence-electron chi connectivity index (χ1n) is 5.81. The highest BCUT2D eigenvalue weighted by molar-refractivity contribution is 8.20. The lowest BCUT2D eigenvalue weighted by molar-refractivity contribution is -0.181. The second kappa shape index (κ2) is 9.34. The van der Waals surface area contributed by atoms with Crippen LogP contribution in [0.1, 0.15) is 19.3 Å². The molecule has 0 saturated heterocycles. The summed E-state index contributed by atoms with van der Waals surface area (Å²) in [6.07, 6.45) is 1.80. The molecule has 0 saturated carbocycles. The standard InChI is InChI=1S/C9H25NO7S2/c1-10(7-5-8-18(11,12)13)6-3-4-9-19(14,15)17-16-2/h11-15H,3-9H2,1-2H3. The normalized spacial score (nSPS) is 14.9. The molecule has 0 aromatic carbocycles. The van der Waals surface area contributed by atoms with Crippen LogP contribution in [-0.2, 0) is 9.22 Å². The van der Waals surface area contributed by atoms with Gasteiger partial charge in [0.1, 0.15) is 10.9 Å². The molecule has 0 aliphatic heterocycles. The van der Waals surface area contributed by atoms with Crippen LogP contribution in [0.25, 0.3) is 0 Å². The van der Waals surface area contributed by atoms with Crippen molar-refractivity contribution in [3.63, 3.8) is 0 Å². The molecule has 5 N–H and O–H groups in total. The van der Waals surface area contributed by atoms with Crippen molar-refractivity contribution in [1.29, 1.82) is 0 Å². The van der Waals surface area contributed by atoms with E-state index in [2.05, 4.69) is 9.22 Å². The van der Waals surface area contributed by atoms with Gasteiger partial charge in [0.05, 0.1) is 18.0 Å². The quantitative estimate of drug-likeness (QED) is 0.223. The molecule has 0 fully saturated rings. The van der Waals surface area contributed by atoms with Gasteiger partial charge < -0.3 is 27.7 Å². The molecule has 19 heavy (non-hydrogen) atoms. The van der Waals surface area contributed by atoms with Gasteiger partial charge in [-0.2, -0.15) is 0 Å². The Morgan fingerprint density at radius 3 is 2.00 bits per heavy atom. The number of nitrogens with zero attached hydrogens (tertiary/aromatic N) is 1. The summed E-state index contributed by atoms with van der Waals surface area (Å²) in [4.78, 5) is 6.19. The molecular weight excluding hydrogens is 298 g/mol. The van der Waals surface area contributed by atoms with E-state index < -0.39 is 21.7 Å². The van der Waals surface area contributed by atoms with E-state index in [4.69, 9.17) is 13.7 Å². The molecule has 0 aromatic heterocycles. The van der Waals surface area contributed by atoms with Gasteiger partial charge >= 0.3 is 0 Å². The monoisotopic (exact) mass is 323 g/mol. The van der Waals surface area contributed by atoms with Crippen LogP contribution in [0.15, 0.2) is 0 Å². The molecule has 8 nitrogen and oxygen atoms in total. The van der Waals surface area contributed by atoms with Gasteiger partial charge in [-0.05, 0) is 39.4 Å². The van der Waals surface area contributed by atoms with E-state index in [9.17, 15) is 9.11 Å². The Hall–Kier alpha value is 0.380. The van der Waals surface area contributed by atoms with Gasteiger partial charge in [0.25, 0.3) is 0 Å². The Kier molecular flexibility index (Phi) is 9.53. The van der Waals surface area contributed by atoms with Gasteiger partial charge in [0, 0.05) is 11.5 Å². The lowest BCUT2D eigenvalue weighted by atomic mass is 10.3. The second-order valence-corrected chi connectivity index (χ2v) is 7.68. The fraction of sp³-hybridized carbons (Fsp3) is 1.00. The molecule has 0 atom stereocenters. The zero-order valence-electron chi connectivity index (χ0n) is 11.3. The van der Waals surface area contributed by atoms with Crippen molar-refractivity contribution < 1.29 is 32.0 Å². The van der Waals surface area contributed by atoms with Gasteiger partial charge in [-0.3, -0.25) is 0 Å². The molecule has 0 bridgehead atoms. The average Bonchev–Trinajstić information content (AvgIpc) is 2.22. The van der Waals surface area contributed by atoms with Gasteiger partial charge in [-0.15, -0.1) is 4.33 Å². The van der Waals surface area contributed by atoms with Gasteiger partial charge in [-0.25, -0.2) is 4.89 Å². The third kappa shape index (κ3) is 13.1. The van der Waals surface area contributed by atoms with Crippen LogP contribution >= 0.6 is 21.7 Å². The van der Waals surface area contributed by atoms with Crippen molar-refractivity contribution in [3.05, 3.63) is 0 Å².